The summed E-state index contributed by atoms with van der Waals surface area (Å²) in [7, 11) is 0. The summed E-state index contributed by atoms with van der Waals surface area (Å²) in [6, 6.07) is 14.1. The Kier molecular flexibility index (Phi) is 7.83. The third-order valence-electron chi connectivity index (χ3n) is 3.82. The SMILES string of the molecule is Cc1ccccc1OC(C)C(=O)NNC(=O)CCC(=O)Nc1ccccc1Cl. The number of ether oxygens (including phenoxy) is 1. The van der Waals surface area contributed by atoms with Crippen LogP contribution in [-0.2, 0) is 14.4 Å². The first-order valence-corrected chi connectivity index (χ1v) is 9.10. The number of hydrogen-bond donors (Lipinski definition) is 3. The van der Waals surface area contributed by atoms with E-state index in [1.54, 1.807) is 37.3 Å². The highest BCUT2D eigenvalue weighted by Crippen LogP contribution is 2.20. The van der Waals surface area contributed by atoms with Crippen molar-refractivity contribution in [1.29, 1.82) is 0 Å². The van der Waals surface area contributed by atoms with Crippen LogP contribution in [0.4, 0.5) is 5.69 Å². The molecular formula is C20H22ClN3O4. The number of halogens is 1. The van der Waals surface area contributed by atoms with Crippen LogP contribution in [-0.4, -0.2) is 23.8 Å². The maximum absolute atomic E-state index is 12.0. The molecule has 148 valence electrons. The Balaban J connectivity index is 1.71. The van der Waals surface area contributed by atoms with Crippen LogP contribution in [0.1, 0.15) is 25.3 Å². The van der Waals surface area contributed by atoms with Gasteiger partial charge in [-0.25, -0.2) is 0 Å². The topological polar surface area (TPSA) is 96.5 Å². The highest BCUT2D eigenvalue weighted by molar-refractivity contribution is 6.33. The lowest BCUT2D eigenvalue weighted by Gasteiger charge is -2.16. The van der Waals surface area contributed by atoms with Crippen molar-refractivity contribution in [2.75, 3.05) is 5.32 Å². The van der Waals surface area contributed by atoms with Crippen LogP contribution in [0.5, 0.6) is 5.75 Å². The molecule has 3 amide bonds. The van der Waals surface area contributed by atoms with Crippen LogP contribution in [0.2, 0.25) is 5.02 Å². The van der Waals surface area contributed by atoms with Crippen molar-refractivity contribution in [2.24, 2.45) is 0 Å². The third kappa shape index (κ3) is 6.59. The number of aryl methyl sites for hydroxylation is 1. The highest BCUT2D eigenvalue weighted by atomic mass is 35.5. The molecule has 0 bridgehead atoms. The van der Waals surface area contributed by atoms with Gasteiger partial charge in [0, 0.05) is 12.8 Å². The molecule has 0 aromatic heterocycles. The Morgan fingerprint density at radius 3 is 2.32 bits per heavy atom. The lowest BCUT2D eigenvalue weighted by atomic mass is 10.2. The van der Waals surface area contributed by atoms with Crippen LogP contribution < -0.4 is 20.9 Å². The monoisotopic (exact) mass is 403 g/mol. The maximum atomic E-state index is 12.0. The Morgan fingerprint density at radius 1 is 0.964 bits per heavy atom. The number of carbonyl (C=O) groups excluding carboxylic acids is 3. The minimum Gasteiger partial charge on any atom is -0.481 e. The number of hydrogen-bond acceptors (Lipinski definition) is 4. The first-order chi connectivity index (χ1) is 13.4. The maximum Gasteiger partial charge on any atom is 0.279 e. The summed E-state index contributed by atoms with van der Waals surface area (Å²) in [6.07, 6.45) is -0.948. The van der Waals surface area contributed by atoms with Gasteiger partial charge in [-0.1, -0.05) is 41.9 Å². The third-order valence-corrected chi connectivity index (χ3v) is 4.15. The largest absolute Gasteiger partial charge is 0.481 e. The second kappa shape index (κ2) is 10.3. The zero-order chi connectivity index (χ0) is 20.5. The van der Waals surface area contributed by atoms with Crippen molar-refractivity contribution < 1.29 is 19.1 Å². The molecule has 7 nitrogen and oxygen atoms in total. The number of amides is 3. The number of rotatable bonds is 7. The second-order valence-electron chi connectivity index (χ2n) is 6.09. The molecule has 0 aliphatic heterocycles. The van der Waals surface area contributed by atoms with E-state index in [9.17, 15) is 14.4 Å². The van der Waals surface area contributed by atoms with E-state index in [1.165, 1.54) is 0 Å². The predicted octanol–water partition coefficient (Wildman–Crippen LogP) is 2.98. The van der Waals surface area contributed by atoms with E-state index < -0.39 is 17.9 Å². The van der Waals surface area contributed by atoms with Crippen LogP contribution in [0.15, 0.2) is 48.5 Å². The molecule has 2 aromatic carbocycles. The fraction of sp³-hybridized carbons (Fsp3) is 0.250. The van der Waals surface area contributed by atoms with Gasteiger partial charge >= 0.3 is 0 Å². The zero-order valence-corrected chi connectivity index (χ0v) is 16.4. The minimum absolute atomic E-state index is 0.0534. The molecule has 3 N–H and O–H groups in total. The molecule has 2 rings (SSSR count). The lowest BCUT2D eigenvalue weighted by Crippen LogP contribution is -2.47. The molecule has 0 saturated carbocycles. The first kappa shape index (κ1) is 21.2. The van der Waals surface area contributed by atoms with E-state index in [-0.39, 0.29) is 18.7 Å². The van der Waals surface area contributed by atoms with Crippen molar-refractivity contribution in [3.05, 3.63) is 59.1 Å². The number of benzene rings is 2. The number of carbonyl (C=O) groups is 3. The van der Waals surface area contributed by atoms with Crippen molar-refractivity contribution in [3.63, 3.8) is 0 Å². The first-order valence-electron chi connectivity index (χ1n) is 8.72. The van der Waals surface area contributed by atoms with E-state index in [0.29, 0.717) is 16.5 Å². The average Bonchev–Trinajstić information content (AvgIpc) is 2.68. The van der Waals surface area contributed by atoms with Crippen LogP contribution in [0.25, 0.3) is 0 Å². The van der Waals surface area contributed by atoms with E-state index in [4.69, 9.17) is 16.3 Å². The summed E-state index contributed by atoms with van der Waals surface area (Å²) >= 11 is 5.96. The van der Waals surface area contributed by atoms with E-state index in [2.05, 4.69) is 16.2 Å². The fourth-order valence-corrected chi connectivity index (χ4v) is 2.41. The molecule has 0 aliphatic rings. The smallest absolute Gasteiger partial charge is 0.279 e. The predicted molar refractivity (Wildman–Crippen MR) is 107 cm³/mol. The summed E-state index contributed by atoms with van der Waals surface area (Å²) < 4.78 is 5.58. The number of para-hydroxylation sites is 2. The Hall–Kier alpha value is -3.06. The number of hydrazine groups is 1. The molecule has 0 fully saturated rings. The van der Waals surface area contributed by atoms with Crippen LogP contribution >= 0.6 is 11.6 Å². The molecule has 0 heterocycles. The van der Waals surface area contributed by atoms with Gasteiger partial charge in [0.2, 0.25) is 11.8 Å². The summed E-state index contributed by atoms with van der Waals surface area (Å²) in [6.45, 7) is 3.44. The zero-order valence-electron chi connectivity index (χ0n) is 15.6. The Bertz CT molecular complexity index is 857. The van der Waals surface area contributed by atoms with Gasteiger partial charge < -0.3 is 10.1 Å². The molecular weight excluding hydrogens is 382 g/mol. The van der Waals surface area contributed by atoms with E-state index >= 15 is 0 Å². The van der Waals surface area contributed by atoms with E-state index in [1.807, 2.05) is 25.1 Å². The molecule has 1 unspecified atom stereocenters. The fourth-order valence-electron chi connectivity index (χ4n) is 2.23. The normalized spacial score (nSPS) is 11.2. The quantitative estimate of drug-likeness (QED) is 0.619. The molecule has 0 saturated heterocycles. The van der Waals surface area contributed by atoms with Gasteiger partial charge in [0.15, 0.2) is 6.10 Å². The second-order valence-corrected chi connectivity index (χ2v) is 6.50. The molecule has 0 radical (unpaired) electrons. The molecule has 28 heavy (non-hydrogen) atoms. The summed E-state index contributed by atoms with van der Waals surface area (Å²) in [5, 5.41) is 3.04. The van der Waals surface area contributed by atoms with Gasteiger partial charge in [0.05, 0.1) is 10.7 Å². The molecule has 0 spiro atoms. The van der Waals surface area contributed by atoms with Crippen molar-refractivity contribution in [3.8, 4) is 5.75 Å². The van der Waals surface area contributed by atoms with Crippen molar-refractivity contribution >= 4 is 35.0 Å². The van der Waals surface area contributed by atoms with Gasteiger partial charge in [0.1, 0.15) is 5.75 Å². The average molecular weight is 404 g/mol. The van der Waals surface area contributed by atoms with Gasteiger partial charge in [0.25, 0.3) is 5.91 Å². The Labute approximate surface area is 168 Å². The van der Waals surface area contributed by atoms with Gasteiger partial charge in [-0.15, -0.1) is 0 Å². The summed E-state index contributed by atoms with van der Waals surface area (Å²) in [4.78, 5) is 35.8. The standard InChI is InChI=1S/C20H22ClN3O4/c1-13-7-3-6-10-17(13)28-14(2)20(27)24-23-19(26)12-11-18(25)22-16-9-5-4-8-15(16)21/h3-10,14H,11-12H2,1-2H3,(H,22,25)(H,23,26)(H,24,27). The minimum atomic E-state index is -0.801. The molecule has 0 aliphatic carbocycles. The van der Waals surface area contributed by atoms with Gasteiger partial charge in [-0.2, -0.15) is 0 Å². The van der Waals surface area contributed by atoms with Crippen molar-refractivity contribution in [1.82, 2.24) is 10.9 Å². The lowest BCUT2D eigenvalue weighted by molar-refractivity contribution is -0.133. The highest BCUT2D eigenvalue weighted by Gasteiger charge is 2.16. The molecule has 8 heteroatoms. The van der Waals surface area contributed by atoms with Crippen molar-refractivity contribution in [2.45, 2.75) is 32.8 Å². The summed E-state index contributed by atoms with van der Waals surface area (Å²) in [5.74, 6) is -0.763. The molecule has 2 aromatic rings. The number of anilines is 1. The van der Waals surface area contributed by atoms with Gasteiger partial charge in [-0.05, 0) is 37.6 Å². The Morgan fingerprint density at radius 2 is 1.61 bits per heavy atom. The van der Waals surface area contributed by atoms with E-state index in [0.717, 1.165) is 5.56 Å². The van der Waals surface area contributed by atoms with Crippen LogP contribution in [0.3, 0.4) is 0 Å². The van der Waals surface area contributed by atoms with Crippen LogP contribution in [0, 0.1) is 6.92 Å². The van der Waals surface area contributed by atoms with Gasteiger partial charge in [-0.3, -0.25) is 25.2 Å². The molecule has 1 atom stereocenters. The summed E-state index contributed by atoms with van der Waals surface area (Å²) in [5.41, 5.74) is 5.93. The number of nitrogens with one attached hydrogen (secondary N) is 3.